The van der Waals surface area contributed by atoms with Crippen molar-refractivity contribution >= 4 is 11.4 Å². The SMILES string of the molecule is CC(C)COS(=O)O[C@H]1C2O[C@@H](C)OCC2O[C@@H]2OC(C)(C)O[C@@H]21. The van der Waals surface area contributed by atoms with Crippen molar-refractivity contribution in [3.05, 3.63) is 0 Å². The molecule has 9 heteroatoms. The quantitative estimate of drug-likeness (QED) is 0.719. The normalized spacial score (nSPS) is 42.6. The first kappa shape index (κ1) is 18.7. The summed E-state index contributed by atoms with van der Waals surface area (Å²) in [5.74, 6) is -0.575. The van der Waals surface area contributed by atoms with Crippen molar-refractivity contribution < 1.29 is 36.3 Å². The molecule has 24 heavy (non-hydrogen) atoms. The lowest BCUT2D eigenvalue weighted by molar-refractivity contribution is -0.328. The van der Waals surface area contributed by atoms with Crippen LogP contribution in [-0.4, -0.2) is 60.2 Å². The summed E-state index contributed by atoms with van der Waals surface area (Å²) >= 11 is -1.91. The minimum atomic E-state index is -1.91. The number of hydrogen-bond acceptors (Lipinski definition) is 8. The molecular formula is C15H26O8S. The van der Waals surface area contributed by atoms with Gasteiger partial charge in [0, 0.05) is 0 Å². The second-order valence-corrected chi connectivity index (χ2v) is 7.92. The lowest BCUT2D eigenvalue weighted by atomic mass is 9.98. The fourth-order valence-electron chi connectivity index (χ4n) is 2.94. The first-order valence-electron chi connectivity index (χ1n) is 8.25. The van der Waals surface area contributed by atoms with Crippen LogP contribution in [0.2, 0.25) is 0 Å². The molecule has 3 unspecified atom stereocenters. The van der Waals surface area contributed by atoms with Crippen molar-refractivity contribution in [1.82, 2.24) is 0 Å². The highest BCUT2D eigenvalue weighted by molar-refractivity contribution is 7.75. The standard InChI is InChI=1S/C15H26O8S/c1-8(2)6-18-24(16)23-12-11-10(7-17-9(3)19-11)20-14-13(12)21-15(4,5)22-14/h8-14H,6-7H2,1-5H3/t9-,10?,11?,12-,13+,14+,24?/m0/s1. The zero-order valence-electron chi connectivity index (χ0n) is 14.6. The van der Waals surface area contributed by atoms with Crippen molar-refractivity contribution in [2.45, 2.75) is 77.4 Å². The van der Waals surface area contributed by atoms with E-state index < -0.39 is 48.0 Å². The lowest BCUT2D eigenvalue weighted by Crippen LogP contribution is -2.62. The average molecular weight is 366 g/mol. The summed E-state index contributed by atoms with van der Waals surface area (Å²) in [6, 6.07) is 0. The Morgan fingerprint density at radius 3 is 2.67 bits per heavy atom. The predicted molar refractivity (Wildman–Crippen MR) is 82.8 cm³/mol. The van der Waals surface area contributed by atoms with Crippen molar-refractivity contribution in [1.29, 1.82) is 0 Å². The molecule has 8 nitrogen and oxygen atoms in total. The molecule has 3 aliphatic rings. The van der Waals surface area contributed by atoms with Crippen molar-refractivity contribution in [2.75, 3.05) is 13.2 Å². The van der Waals surface area contributed by atoms with Crippen molar-refractivity contribution in [3.63, 3.8) is 0 Å². The Hall–Kier alpha value is -0.130. The van der Waals surface area contributed by atoms with Gasteiger partial charge in [-0.1, -0.05) is 13.8 Å². The Morgan fingerprint density at radius 1 is 1.21 bits per heavy atom. The molecular weight excluding hydrogens is 340 g/mol. The molecule has 3 saturated heterocycles. The van der Waals surface area contributed by atoms with Gasteiger partial charge in [0.2, 0.25) is 0 Å². The summed E-state index contributed by atoms with van der Waals surface area (Å²) in [5.41, 5.74) is 0. The van der Waals surface area contributed by atoms with Crippen LogP contribution in [0.3, 0.4) is 0 Å². The maximum Gasteiger partial charge on any atom is 0.305 e. The summed E-state index contributed by atoms with van der Waals surface area (Å²) in [5, 5.41) is 0. The highest BCUT2D eigenvalue weighted by Gasteiger charge is 2.57. The maximum atomic E-state index is 12.2. The van der Waals surface area contributed by atoms with Crippen LogP contribution < -0.4 is 0 Å². The summed E-state index contributed by atoms with van der Waals surface area (Å²) in [6.07, 6.45) is -3.09. The Bertz CT molecular complexity index is 468. The van der Waals surface area contributed by atoms with Crippen LogP contribution in [0, 0.1) is 5.92 Å². The number of hydrogen-bond donors (Lipinski definition) is 0. The van der Waals surface area contributed by atoms with E-state index in [0.29, 0.717) is 13.2 Å². The van der Waals surface area contributed by atoms with Gasteiger partial charge in [-0.05, 0) is 26.7 Å². The van der Waals surface area contributed by atoms with Gasteiger partial charge in [-0.15, -0.1) is 0 Å². The Balaban J connectivity index is 1.74. The molecule has 0 aromatic heterocycles. The van der Waals surface area contributed by atoms with E-state index in [2.05, 4.69) is 0 Å². The van der Waals surface area contributed by atoms with Gasteiger partial charge in [-0.2, -0.15) is 4.21 Å². The Morgan fingerprint density at radius 2 is 1.96 bits per heavy atom. The molecule has 140 valence electrons. The number of fused-ring (bicyclic) bond motifs is 2. The molecule has 0 aliphatic carbocycles. The van der Waals surface area contributed by atoms with Crippen LogP contribution in [0.5, 0.6) is 0 Å². The zero-order chi connectivity index (χ0) is 17.5. The molecule has 0 saturated carbocycles. The molecule has 0 bridgehead atoms. The van der Waals surface area contributed by atoms with E-state index in [0.717, 1.165) is 0 Å². The van der Waals surface area contributed by atoms with Gasteiger partial charge in [0.25, 0.3) is 0 Å². The third-order valence-electron chi connectivity index (χ3n) is 3.94. The number of rotatable bonds is 5. The minimum Gasteiger partial charge on any atom is -0.350 e. The van der Waals surface area contributed by atoms with E-state index >= 15 is 0 Å². The Kier molecular flexibility index (Phi) is 5.63. The van der Waals surface area contributed by atoms with Gasteiger partial charge in [0.15, 0.2) is 18.4 Å². The maximum absolute atomic E-state index is 12.2. The highest BCUT2D eigenvalue weighted by atomic mass is 32.2. The third kappa shape index (κ3) is 4.16. The topological polar surface area (TPSA) is 81.7 Å². The van der Waals surface area contributed by atoms with Gasteiger partial charge in [-0.3, -0.25) is 8.37 Å². The van der Waals surface area contributed by atoms with Crippen LogP contribution in [0.1, 0.15) is 34.6 Å². The van der Waals surface area contributed by atoms with E-state index in [9.17, 15) is 4.21 Å². The Labute approximate surface area is 144 Å². The molecule has 0 radical (unpaired) electrons. The summed E-state index contributed by atoms with van der Waals surface area (Å²) < 4.78 is 51.9. The summed E-state index contributed by atoms with van der Waals surface area (Å²) in [4.78, 5) is 0. The van der Waals surface area contributed by atoms with Gasteiger partial charge >= 0.3 is 11.4 Å². The molecule has 3 heterocycles. The smallest absolute Gasteiger partial charge is 0.305 e. The second-order valence-electron chi connectivity index (χ2n) is 7.09. The van der Waals surface area contributed by atoms with Crippen LogP contribution in [0.4, 0.5) is 0 Å². The molecule has 3 aliphatic heterocycles. The molecule has 0 aromatic rings. The highest BCUT2D eigenvalue weighted by Crippen LogP contribution is 2.40. The van der Waals surface area contributed by atoms with Crippen LogP contribution in [0.15, 0.2) is 0 Å². The predicted octanol–water partition coefficient (Wildman–Crippen LogP) is 1.26. The van der Waals surface area contributed by atoms with E-state index in [4.69, 9.17) is 32.1 Å². The van der Waals surface area contributed by atoms with E-state index in [1.807, 2.05) is 13.8 Å². The van der Waals surface area contributed by atoms with Gasteiger partial charge in [-0.25, -0.2) is 0 Å². The molecule has 0 amide bonds. The van der Waals surface area contributed by atoms with Crippen molar-refractivity contribution in [2.24, 2.45) is 5.92 Å². The van der Waals surface area contributed by atoms with E-state index in [1.54, 1.807) is 20.8 Å². The van der Waals surface area contributed by atoms with E-state index in [1.165, 1.54) is 0 Å². The lowest BCUT2D eigenvalue weighted by Gasteiger charge is -2.45. The number of ether oxygens (including phenoxy) is 5. The molecule has 0 N–H and O–H groups in total. The third-order valence-corrected chi connectivity index (χ3v) is 4.65. The first-order valence-corrected chi connectivity index (χ1v) is 9.25. The fraction of sp³-hybridized carbons (Fsp3) is 1.00. The van der Waals surface area contributed by atoms with Crippen LogP contribution in [0.25, 0.3) is 0 Å². The first-order chi connectivity index (χ1) is 11.2. The zero-order valence-corrected chi connectivity index (χ0v) is 15.4. The van der Waals surface area contributed by atoms with Gasteiger partial charge in [0.1, 0.15) is 24.4 Å². The monoisotopic (exact) mass is 366 g/mol. The molecule has 3 rings (SSSR count). The van der Waals surface area contributed by atoms with Gasteiger partial charge in [0.05, 0.1) is 13.2 Å². The minimum absolute atomic E-state index is 0.247. The van der Waals surface area contributed by atoms with Crippen molar-refractivity contribution in [3.8, 4) is 0 Å². The second kappa shape index (κ2) is 7.24. The summed E-state index contributed by atoms with van der Waals surface area (Å²) in [7, 11) is 0. The fourth-order valence-corrected chi connectivity index (χ4v) is 3.78. The molecule has 0 spiro atoms. The molecule has 0 aromatic carbocycles. The van der Waals surface area contributed by atoms with Crippen LogP contribution >= 0.6 is 0 Å². The van der Waals surface area contributed by atoms with E-state index in [-0.39, 0.29) is 12.0 Å². The largest absolute Gasteiger partial charge is 0.350 e. The average Bonchev–Trinajstić information content (AvgIpc) is 2.79. The summed E-state index contributed by atoms with van der Waals surface area (Å²) in [6.45, 7) is 10.00. The molecule has 7 atom stereocenters. The van der Waals surface area contributed by atoms with Gasteiger partial charge < -0.3 is 23.7 Å². The van der Waals surface area contributed by atoms with Crippen LogP contribution in [-0.2, 0) is 43.4 Å². The molecule has 3 fully saturated rings.